The number of hydrogen-bond acceptors (Lipinski definition) is 4. The topological polar surface area (TPSA) is 64.8 Å². The van der Waals surface area contributed by atoms with Gasteiger partial charge in [-0.05, 0) is 19.8 Å². The Morgan fingerprint density at radius 3 is 2.88 bits per heavy atom. The molecule has 2 heterocycles. The summed E-state index contributed by atoms with van der Waals surface area (Å²) in [5, 5.41) is 0. The van der Waals surface area contributed by atoms with Gasteiger partial charge in [0, 0.05) is 13.2 Å². The smallest absolute Gasteiger partial charge is 0.254 e. The van der Waals surface area contributed by atoms with Gasteiger partial charge in [0.05, 0.1) is 13.2 Å². The van der Waals surface area contributed by atoms with Crippen LogP contribution in [0.15, 0.2) is 0 Å². The maximum absolute atomic E-state index is 12.4. The van der Waals surface area contributed by atoms with Gasteiger partial charge >= 0.3 is 0 Å². The van der Waals surface area contributed by atoms with E-state index in [1.54, 1.807) is 4.90 Å². The van der Waals surface area contributed by atoms with Crippen molar-refractivity contribution in [2.75, 3.05) is 26.3 Å². The molecule has 2 fully saturated rings. The molecule has 0 spiro atoms. The monoisotopic (exact) mass is 258 g/mol. The van der Waals surface area contributed by atoms with Crippen LogP contribution in [0.2, 0.25) is 0 Å². The van der Waals surface area contributed by atoms with E-state index in [4.69, 9.17) is 27.4 Å². The lowest BCUT2D eigenvalue weighted by Crippen LogP contribution is -2.55. The highest BCUT2D eigenvalue weighted by Crippen LogP contribution is 2.27. The van der Waals surface area contributed by atoms with Crippen LogP contribution in [0.1, 0.15) is 19.8 Å². The lowest BCUT2D eigenvalue weighted by Gasteiger charge is -2.36. The average molecular weight is 258 g/mol. The number of carbonyl (C=O) groups is 1. The molecule has 0 bridgehead atoms. The molecule has 2 N–H and O–H groups in total. The first-order valence-corrected chi connectivity index (χ1v) is 6.28. The van der Waals surface area contributed by atoms with Gasteiger partial charge < -0.3 is 20.1 Å². The highest BCUT2D eigenvalue weighted by atomic mass is 32.1. The highest BCUT2D eigenvalue weighted by molar-refractivity contribution is 7.80. The molecule has 2 saturated heterocycles. The second kappa shape index (κ2) is 4.88. The Balaban J connectivity index is 2.01. The minimum atomic E-state index is -0.669. The number of carbonyl (C=O) groups excluding carboxylic acids is 1. The molecule has 0 aromatic rings. The highest BCUT2D eigenvalue weighted by Gasteiger charge is 2.42. The SMILES string of the molecule is CC1(C(=O)N2CCOC(C(N)=S)C2)CCCO1. The number of thiocarbonyl (C=S) groups is 1. The molecule has 2 atom stereocenters. The summed E-state index contributed by atoms with van der Waals surface area (Å²) in [5.74, 6) is 0.0274. The molecule has 0 radical (unpaired) electrons. The Bertz CT molecular complexity index is 329. The Hall–Kier alpha value is -0.720. The number of ether oxygens (including phenoxy) is 2. The van der Waals surface area contributed by atoms with Gasteiger partial charge in [-0.2, -0.15) is 0 Å². The number of rotatable bonds is 2. The fourth-order valence-corrected chi connectivity index (χ4v) is 2.43. The van der Waals surface area contributed by atoms with E-state index in [0.29, 0.717) is 31.3 Å². The Kier molecular flexibility index (Phi) is 3.65. The Morgan fingerprint density at radius 1 is 1.53 bits per heavy atom. The summed E-state index contributed by atoms with van der Waals surface area (Å²) in [4.78, 5) is 14.4. The molecule has 96 valence electrons. The van der Waals surface area contributed by atoms with E-state index in [1.165, 1.54) is 0 Å². The van der Waals surface area contributed by atoms with E-state index in [-0.39, 0.29) is 12.0 Å². The van der Waals surface area contributed by atoms with Crippen molar-refractivity contribution in [1.82, 2.24) is 4.90 Å². The van der Waals surface area contributed by atoms with Crippen molar-refractivity contribution in [2.24, 2.45) is 5.73 Å². The maximum Gasteiger partial charge on any atom is 0.254 e. The van der Waals surface area contributed by atoms with Crippen molar-refractivity contribution < 1.29 is 14.3 Å². The van der Waals surface area contributed by atoms with Gasteiger partial charge in [-0.3, -0.25) is 4.79 Å². The fraction of sp³-hybridized carbons (Fsp3) is 0.818. The maximum atomic E-state index is 12.4. The van der Waals surface area contributed by atoms with Crippen LogP contribution in [0, 0.1) is 0 Å². The molecule has 2 aliphatic heterocycles. The third kappa shape index (κ3) is 2.59. The summed E-state index contributed by atoms with van der Waals surface area (Å²) in [7, 11) is 0. The van der Waals surface area contributed by atoms with Gasteiger partial charge in [0.15, 0.2) is 0 Å². The number of hydrogen-bond donors (Lipinski definition) is 1. The number of amides is 1. The van der Waals surface area contributed by atoms with E-state index in [0.717, 1.165) is 12.8 Å². The van der Waals surface area contributed by atoms with Gasteiger partial charge in [0.2, 0.25) is 0 Å². The van der Waals surface area contributed by atoms with Gasteiger partial charge in [-0.25, -0.2) is 0 Å². The van der Waals surface area contributed by atoms with Crippen LogP contribution in [0.3, 0.4) is 0 Å². The molecule has 2 unspecified atom stereocenters. The van der Waals surface area contributed by atoms with Crippen LogP contribution < -0.4 is 5.73 Å². The summed E-state index contributed by atoms with van der Waals surface area (Å²) in [5.41, 5.74) is 4.88. The van der Waals surface area contributed by atoms with Crippen molar-refractivity contribution in [3.8, 4) is 0 Å². The summed E-state index contributed by atoms with van der Waals surface area (Å²) in [6.45, 7) is 4.01. The quantitative estimate of drug-likeness (QED) is 0.710. The van der Waals surface area contributed by atoms with E-state index >= 15 is 0 Å². The van der Waals surface area contributed by atoms with Gasteiger partial charge in [-0.15, -0.1) is 0 Å². The first-order chi connectivity index (χ1) is 8.03. The summed E-state index contributed by atoms with van der Waals surface area (Å²) in [6.07, 6.45) is 1.39. The van der Waals surface area contributed by atoms with Crippen LogP contribution in [0.5, 0.6) is 0 Å². The molecule has 2 rings (SSSR count). The lowest BCUT2D eigenvalue weighted by molar-refractivity contribution is -0.156. The predicted molar refractivity (Wildman–Crippen MR) is 66.7 cm³/mol. The number of nitrogens with zero attached hydrogens (tertiary/aromatic N) is 1. The summed E-state index contributed by atoms with van der Waals surface area (Å²) in [6, 6.07) is 0. The number of morpholine rings is 1. The van der Waals surface area contributed by atoms with Crippen molar-refractivity contribution in [2.45, 2.75) is 31.5 Å². The third-order valence-corrected chi connectivity index (χ3v) is 3.61. The standard InChI is InChI=1S/C11H18N2O3S/c1-11(3-2-5-16-11)10(14)13-4-6-15-8(7-13)9(12)17/h8H,2-7H2,1H3,(H2,12,17). The first-order valence-electron chi connectivity index (χ1n) is 5.87. The molecular weight excluding hydrogens is 240 g/mol. The van der Waals surface area contributed by atoms with Crippen LogP contribution in [0.25, 0.3) is 0 Å². The van der Waals surface area contributed by atoms with Gasteiger partial charge in [-0.1, -0.05) is 12.2 Å². The normalized spacial score (nSPS) is 33.7. The molecular formula is C11H18N2O3S. The van der Waals surface area contributed by atoms with Crippen molar-refractivity contribution in [3.63, 3.8) is 0 Å². The molecule has 6 heteroatoms. The summed E-state index contributed by atoms with van der Waals surface area (Å²) < 4.78 is 11.0. The van der Waals surface area contributed by atoms with Gasteiger partial charge in [0.25, 0.3) is 5.91 Å². The zero-order chi connectivity index (χ0) is 12.5. The molecule has 0 saturated carbocycles. The van der Waals surface area contributed by atoms with Crippen molar-refractivity contribution in [3.05, 3.63) is 0 Å². The van der Waals surface area contributed by atoms with E-state index in [1.807, 2.05) is 6.92 Å². The second-order valence-corrected chi connectivity index (χ2v) is 5.17. The largest absolute Gasteiger partial charge is 0.391 e. The first kappa shape index (κ1) is 12.7. The van der Waals surface area contributed by atoms with E-state index in [2.05, 4.69) is 0 Å². The Labute approximate surface area is 106 Å². The minimum Gasteiger partial charge on any atom is -0.391 e. The molecule has 17 heavy (non-hydrogen) atoms. The van der Waals surface area contributed by atoms with Crippen LogP contribution in [0.4, 0.5) is 0 Å². The van der Waals surface area contributed by atoms with Crippen molar-refractivity contribution in [1.29, 1.82) is 0 Å². The molecule has 0 aromatic heterocycles. The molecule has 5 nitrogen and oxygen atoms in total. The van der Waals surface area contributed by atoms with Crippen molar-refractivity contribution >= 4 is 23.1 Å². The molecule has 0 aromatic carbocycles. The predicted octanol–water partition coefficient (Wildman–Crippen LogP) is 0.0690. The van der Waals surface area contributed by atoms with E-state index < -0.39 is 5.60 Å². The van der Waals surface area contributed by atoms with E-state index in [9.17, 15) is 4.79 Å². The van der Waals surface area contributed by atoms with Crippen LogP contribution >= 0.6 is 12.2 Å². The van der Waals surface area contributed by atoms with Crippen LogP contribution in [-0.2, 0) is 14.3 Å². The van der Waals surface area contributed by atoms with Gasteiger partial charge in [0.1, 0.15) is 16.7 Å². The second-order valence-electron chi connectivity index (χ2n) is 4.70. The third-order valence-electron chi connectivity index (χ3n) is 3.34. The number of nitrogens with two attached hydrogens (primary N) is 1. The van der Waals surface area contributed by atoms with Crippen LogP contribution in [-0.4, -0.2) is 53.8 Å². The minimum absolute atomic E-state index is 0.0274. The zero-order valence-electron chi connectivity index (χ0n) is 9.98. The average Bonchev–Trinajstić information content (AvgIpc) is 2.76. The fourth-order valence-electron chi connectivity index (χ4n) is 2.29. The zero-order valence-corrected chi connectivity index (χ0v) is 10.8. The Morgan fingerprint density at radius 2 is 2.29 bits per heavy atom. The summed E-state index contributed by atoms with van der Waals surface area (Å²) >= 11 is 4.90. The molecule has 1 amide bonds. The molecule has 2 aliphatic rings. The lowest BCUT2D eigenvalue weighted by atomic mass is 10.0. The molecule has 0 aliphatic carbocycles.